The highest BCUT2D eigenvalue weighted by Crippen LogP contribution is 2.25. The van der Waals surface area contributed by atoms with Gasteiger partial charge in [0.1, 0.15) is 0 Å². The van der Waals surface area contributed by atoms with Crippen LogP contribution in [0.1, 0.15) is 37.2 Å². The van der Waals surface area contributed by atoms with Crippen LogP contribution in [0, 0.1) is 0 Å². The fourth-order valence-corrected chi connectivity index (χ4v) is 2.09. The molecule has 0 fully saturated rings. The van der Waals surface area contributed by atoms with Crippen molar-refractivity contribution in [2.45, 2.75) is 38.3 Å². The molecule has 1 aromatic heterocycles. The number of imidazole rings is 1. The van der Waals surface area contributed by atoms with Gasteiger partial charge in [-0.3, -0.25) is 0 Å². The summed E-state index contributed by atoms with van der Waals surface area (Å²) in [5, 5.41) is 12.6. The summed E-state index contributed by atoms with van der Waals surface area (Å²) in [5.74, 6) is 0. The van der Waals surface area contributed by atoms with Gasteiger partial charge in [-0.05, 0) is 6.42 Å². The summed E-state index contributed by atoms with van der Waals surface area (Å²) in [6.07, 6.45) is 4.80. The molecule has 0 aliphatic carbocycles. The predicted octanol–water partition coefficient (Wildman–Crippen LogP) is 0.758. The predicted molar refractivity (Wildman–Crippen MR) is 54.0 cm³/mol. The van der Waals surface area contributed by atoms with E-state index in [2.05, 4.69) is 22.2 Å². The molecule has 0 radical (unpaired) electrons. The minimum atomic E-state index is 0.180. The van der Waals surface area contributed by atoms with Crippen LogP contribution in [0.15, 0.2) is 6.33 Å². The van der Waals surface area contributed by atoms with Crippen molar-refractivity contribution in [3.8, 4) is 0 Å². The van der Waals surface area contributed by atoms with E-state index in [0.717, 1.165) is 25.0 Å². The minimum Gasteiger partial charge on any atom is -0.395 e. The number of aromatic nitrogens is 2. The second-order valence-corrected chi connectivity index (χ2v) is 3.86. The minimum absolute atomic E-state index is 0.180. The fourth-order valence-electron chi connectivity index (χ4n) is 2.09. The number of hydrogen-bond acceptors (Lipinski definition) is 3. The summed E-state index contributed by atoms with van der Waals surface area (Å²) in [6, 6.07) is 0.492. The molecule has 0 aromatic carbocycles. The SMILES string of the molecule is CCCC1NC(CO)Cc2[nH]cnc21. The van der Waals surface area contributed by atoms with E-state index in [1.54, 1.807) is 6.33 Å². The lowest BCUT2D eigenvalue weighted by molar-refractivity contribution is 0.218. The molecule has 4 heteroatoms. The number of aliphatic hydroxyl groups is 1. The molecule has 1 aromatic rings. The quantitative estimate of drug-likeness (QED) is 0.667. The van der Waals surface area contributed by atoms with Gasteiger partial charge in [0.25, 0.3) is 0 Å². The molecule has 0 saturated carbocycles. The number of aromatic amines is 1. The molecule has 1 aliphatic heterocycles. The molecule has 14 heavy (non-hydrogen) atoms. The molecule has 4 nitrogen and oxygen atoms in total. The molecule has 78 valence electrons. The van der Waals surface area contributed by atoms with Crippen LogP contribution in [-0.2, 0) is 6.42 Å². The van der Waals surface area contributed by atoms with Crippen molar-refractivity contribution in [1.29, 1.82) is 0 Å². The molecule has 2 atom stereocenters. The zero-order valence-corrected chi connectivity index (χ0v) is 8.45. The number of nitrogens with one attached hydrogen (secondary N) is 2. The van der Waals surface area contributed by atoms with E-state index in [1.165, 1.54) is 5.69 Å². The number of hydrogen-bond donors (Lipinski definition) is 3. The smallest absolute Gasteiger partial charge is 0.0925 e. The number of rotatable bonds is 3. The first kappa shape index (κ1) is 9.68. The molecule has 1 aliphatic rings. The Bertz CT molecular complexity index is 297. The van der Waals surface area contributed by atoms with Crippen LogP contribution in [0.5, 0.6) is 0 Å². The first-order chi connectivity index (χ1) is 6.85. The van der Waals surface area contributed by atoms with E-state index in [-0.39, 0.29) is 12.6 Å². The molecule has 0 saturated heterocycles. The molecule has 0 amide bonds. The summed E-state index contributed by atoms with van der Waals surface area (Å²) in [5.41, 5.74) is 2.32. The lowest BCUT2D eigenvalue weighted by atomic mass is 9.97. The van der Waals surface area contributed by atoms with Gasteiger partial charge in [-0.25, -0.2) is 4.98 Å². The van der Waals surface area contributed by atoms with Gasteiger partial charge in [-0.1, -0.05) is 13.3 Å². The Morgan fingerprint density at radius 3 is 3.21 bits per heavy atom. The maximum absolute atomic E-state index is 9.14. The van der Waals surface area contributed by atoms with Crippen molar-refractivity contribution in [3.63, 3.8) is 0 Å². The van der Waals surface area contributed by atoms with Crippen LogP contribution < -0.4 is 5.32 Å². The van der Waals surface area contributed by atoms with Gasteiger partial charge in [0.05, 0.1) is 24.7 Å². The van der Waals surface area contributed by atoms with E-state index in [4.69, 9.17) is 5.11 Å². The van der Waals surface area contributed by atoms with Crippen molar-refractivity contribution in [2.24, 2.45) is 0 Å². The normalized spacial score (nSPS) is 26.1. The third-order valence-corrected chi connectivity index (χ3v) is 2.77. The molecular weight excluding hydrogens is 178 g/mol. The highest BCUT2D eigenvalue weighted by Gasteiger charge is 2.26. The Hall–Kier alpha value is -0.870. The second-order valence-electron chi connectivity index (χ2n) is 3.86. The van der Waals surface area contributed by atoms with Gasteiger partial charge in [-0.15, -0.1) is 0 Å². The molecule has 2 unspecified atom stereocenters. The van der Waals surface area contributed by atoms with Gasteiger partial charge in [-0.2, -0.15) is 0 Å². The average molecular weight is 195 g/mol. The second kappa shape index (κ2) is 4.11. The number of nitrogens with zero attached hydrogens (tertiary/aromatic N) is 1. The highest BCUT2D eigenvalue weighted by atomic mass is 16.3. The largest absolute Gasteiger partial charge is 0.395 e. The first-order valence-electron chi connectivity index (χ1n) is 5.24. The van der Waals surface area contributed by atoms with Crippen molar-refractivity contribution >= 4 is 0 Å². The van der Waals surface area contributed by atoms with Gasteiger partial charge >= 0.3 is 0 Å². The highest BCUT2D eigenvalue weighted by molar-refractivity contribution is 5.20. The molecule has 2 rings (SSSR count). The van der Waals surface area contributed by atoms with Crippen LogP contribution in [0.2, 0.25) is 0 Å². The number of H-pyrrole nitrogens is 1. The third kappa shape index (κ3) is 1.67. The van der Waals surface area contributed by atoms with E-state index in [0.29, 0.717) is 6.04 Å². The molecule has 0 bridgehead atoms. The van der Waals surface area contributed by atoms with Crippen LogP contribution >= 0.6 is 0 Å². The lowest BCUT2D eigenvalue weighted by Gasteiger charge is -2.28. The summed E-state index contributed by atoms with van der Waals surface area (Å²) in [4.78, 5) is 7.47. The van der Waals surface area contributed by atoms with Gasteiger partial charge in [0.2, 0.25) is 0 Å². The van der Waals surface area contributed by atoms with Crippen LogP contribution in [0.4, 0.5) is 0 Å². The van der Waals surface area contributed by atoms with E-state index in [9.17, 15) is 0 Å². The Kier molecular flexibility index (Phi) is 2.84. The summed E-state index contributed by atoms with van der Waals surface area (Å²) in [7, 11) is 0. The zero-order chi connectivity index (χ0) is 9.97. The van der Waals surface area contributed by atoms with E-state index < -0.39 is 0 Å². The van der Waals surface area contributed by atoms with Crippen LogP contribution in [-0.4, -0.2) is 27.7 Å². The Labute approximate surface area is 83.8 Å². The maximum Gasteiger partial charge on any atom is 0.0925 e. The first-order valence-corrected chi connectivity index (χ1v) is 5.24. The molecule has 0 spiro atoms. The van der Waals surface area contributed by atoms with E-state index >= 15 is 0 Å². The standard InChI is InChI=1S/C10H17N3O/c1-2-3-8-10-9(11-6-12-10)4-7(5-14)13-8/h6-8,13-14H,2-5H2,1H3,(H,11,12). The van der Waals surface area contributed by atoms with Gasteiger partial charge in [0, 0.05) is 18.2 Å². The van der Waals surface area contributed by atoms with Gasteiger partial charge < -0.3 is 15.4 Å². The van der Waals surface area contributed by atoms with Crippen molar-refractivity contribution < 1.29 is 5.11 Å². The third-order valence-electron chi connectivity index (χ3n) is 2.77. The fraction of sp³-hybridized carbons (Fsp3) is 0.700. The summed E-state index contributed by atoms with van der Waals surface area (Å²) in [6.45, 7) is 2.36. The lowest BCUT2D eigenvalue weighted by Crippen LogP contribution is -2.41. The monoisotopic (exact) mass is 195 g/mol. The molecule has 3 N–H and O–H groups in total. The van der Waals surface area contributed by atoms with Crippen molar-refractivity contribution in [2.75, 3.05) is 6.61 Å². The maximum atomic E-state index is 9.14. The zero-order valence-electron chi connectivity index (χ0n) is 8.45. The van der Waals surface area contributed by atoms with Gasteiger partial charge in [0.15, 0.2) is 0 Å². The summed E-state index contributed by atoms with van der Waals surface area (Å²) < 4.78 is 0. The molecule has 2 heterocycles. The van der Waals surface area contributed by atoms with E-state index in [1.807, 2.05) is 0 Å². The molecular formula is C10H17N3O. The Morgan fingerprint density at radius 2 is 2.50 bits per heavy atom. The summed E-state index contributed by atoms with van der Waals surface area (Å²) >= 11 is 0. The van der Waals surface area contributed by atoms with Crippen molar-refractivity contribution in [3.05, 3.63) is 17.7 Å². The van der Waals surface area contributed by atoms with Crippen LogP contribution in [0.25, 0.3) is 0 Å². The topological polar surface area (TPSA) is 60.9 Å². The number of fused-ring (bicyclic) bond motifs is 1. The Balaban J connectivity index is 2.19. The average Bonchev–Trinajstić information content (AvgIpc) is 2.66. The number of aliphatic hydroxyl groups excluding tert-OH is 1. The Morgan fingerprint density at radius 1 is 1.64 bits per heavy atom. The van der Waals surface area contributed by atoms with Crippen LogP contribution in [0.3, 0.4) is 0 Å². The van der Waals surface area contributed by atoms with Crippen molar-refractivity contribution in [1.82, 2.24) is 15.3 Å².